The maximum absolute atomic E-state index is 5.28. The van der Waals surface area contributed by atoms with Crippen LogP contribution in [-0.2, 0) is 4.74 Å². The maximum atomic E-state index is 5.28. The van der Waals surface area contributed by atoms with Crippen molar-refractivity contribution in [2.75, 3.05) is 73.6 Å². The molecule has 0 spiro atoms. The average molecular weight is 481 g/mol. The van der Waals surface area contributed by atoms with E-state index in [-0.39, 0.29) is 24.0 Å². The van der Waals surface area contributed by atoms with Crippen LogP contribution in [0.25, 0.3) is 0 Å². The molecule has 1 atom stereocenters. The fourth-order valence-corrected chi connectivity index (χ4v) is 3.81. The topological polar surface area (TPSA) is 52.1 Å². The number of ether oxygens (including phenoxy) is 1. The zero-order valence-electron chi connectivity index (χ0n) is 17.2. The van der Waals surface area contributed by atoms with Crippen LogP contribution in [0, 0.1) is 11.3 Å². The lowest BCUT2D eigenvalue weighted by atomic mass is 9.67. The largest absolute Gasteiger partial charge is 0.385 e. The molecule has 2 rings (SSSR count). The minimum absolute atomic E-state index is 0. The van der Waals surface area contributed by atoms with E-state index in [4.69, 9.17) is 4.74 Å². The third-order valence-electron chi connectivity index (χ3n) is 5.89. The molecule has 0 aromatic heterocycles. The van der Waals surface area contributed by atoms with E-state index in [1.165, 1.54) is 45.4 Å². The number of methoxy groups -OCH3 is 1. The van der Waals surface area contributed by atoms with Gasteiger partial charge in [0, 0.05) is 66.6 Å². The first-order chi connectivity index (χ1) is 12.1. The number of aliphatic imine (C=N–C) groups is 1. The third kappa shape index (κ3) is 7.86. The molecule has 1 heterocycles. The minimum atomic E-state index is 0. The van der Waals surface area contributed by atoms with E-state index in [1.807, 2.05) is 7.05 Å². The fourth-order valence-electron chi connectivity index (χ4n) is 3.81. The second kappa shape index (κ2) is 12.4. The summed E-state index contributed by atoms with van der Waals surface area (Å²) in [5.41, 5.74) is 0.416. The van der Waals surface area contributed by atoms with Gasteiger partial charge in [0.05, 0.1) is 0 Å². The summed E-state index contributed by atoms with van der Waals surface area (Å²) in [6, 6.07) is 0. The van der Waals surface area contributed by atoms with E-state index < -0.39 is 0 Å². The van der Waals surface area contributed by atoms with Gasteiger partial charge in [-0.3, -0.25) is 4.99 Å². The first-order valence-corrected chi connectivity index (χ1v) is 9.91. The summed E-state index contributed by atoms with van der Waals surface area (Å²) in [6.07, 6.45) is 5.10. The van der Waals surface area contributed by atoms with Crippen molar-refractivity contribution >= 4 is 29.9 Å². The third-order valence-corrected chi connectivity index (χ3v) is 5.89. The Morgan fingerprint density at radius 3 is 2.42 bits per heavy atom. The van der Waals surface area contributed by atoms with Crippen molar-refractivity contribution in [3.63, 3.8) is 0 Å². The molecule has 1 aliphatic heterocycles. The Labute approximate surface area is 177 Å². The van der Waals surface area contributed by atoms with Gasteiger partial charge in [0.25, 0.3) is 0 Å². The molecule has 7 heteroatoms. The van der Waals surface area contributed by atoms with Crippen molar-refractivity contribution < 1.29 is 4.74 Å². The Hall–Kier alpha value is -0.120. The summed E-state index contributed by atoms with van der Waals surface area (Å²) in [7, 11) is 5.87. The SMILES string of the molecule is CN=C(NCC(C)CN1CCN(C)CC1)NCC1(CCOC)CCC1.I. The number of guanidine groups is 1. The molecule has 6 nitrogen and oxygen atoms in total. The Morgan fingerprint density at radius 1 is 1.19 bits per heavy atom. The minimum Gasteiger partial charge on any atom is -0.385 e. The number of likely N-dealkylation sites (N-methyl/N-ethyl adjacent to an activating group) is 1. The molecule has 2 fully saturated rings. The van der Waals surface area contributed by atoms with Gasteiger partial charge in [0.1, 0.15) is 0 Å². The number of piperazine rings is 1. The van der Waals surface area contributed by atoms with Gasteiger partial charge in [0.15, 0.2) is 5.96 Å². The van der Waals surface area contributed by atoms with Crippen molar-refractivity contribution in [3.8, 4) is 0 Å². The molecule has 0 amide bonds. The number of rotatable bonds is 9. The molecule has 2 aliphatic rings. The molecule has 1 saturated heterocycles. The van der Waals surface area contributed by atoms with Crippen LogP contribution in [0.3, 0.4) is 0 Å². The second-order valence-electron chi connectivity index (χ2n) is 8.11. The molecular formula is C19H40IN5O. The number of nitrogens with zero attached hydrogens (tertiary/aromatic N) is 3. The van der Waals surface area contributed by atoms with Crippen LogP contribution in [0.1, 0.15) is 32.6 Å². The Balaban J connectivity index is 0.00000338. The monoisotopic (exact) mass is 481 g/mol. The van der Waals surface area contributed by atoms with Gasteiger partial charge in [0.2, 0.25) is 0 Å². The lowest BCUT2D eigenvalue weighted by Crippen LogP contribution is -2.49. The van der Waals surface area contributed by atoms with Gasteiger partial charge < -0.3 is 25.2 Å². The second-order valence-corrected chi connectivity index (χ2v) is 8.11. The number of halogens is 1. The van der Waals surface area contributed by atoms with Gasteiger partial charge in [-0.25, -0.2) is 0 Å². The zero-order chi connectivity index (χ0) is 18.1. The molecule has 0 radical (unpaired) electrons. The van der Waals surface area contributed by atoms with Crippen molar-refractivity contribution in [2.45, 2.75) is 32.6 Å². The number of hydrogen-bond acceptors (Lipinski definition) is 4. The number of hydrogen-bond donors (Lipinski definition) is 2. The van der Waals surface area contributed by atoms with E-state index in [0.717, 1.165) is 38.6 Å². The highest BCUT2D eigenvalue weighted by Gasteiger charge is 2.36. The summed E-state index contributed by atoms with van der Waals surface area (Å²) in [5, 5.41) is 7.06. The Kier molecular flexibility index (Phi) is 11.4. The van der Waals surface area contributed by atoms with Crippen LogP contribution in [0.4, 0.5) is 0 Å². The molecular weight excluding hydrogens is 441 g/mol. The van der Waals surface area contributed by atoms with Crippen LogP contribution in [0.5, 0.6) is 0 Å². The molecule has 0 aromatic rings. The standard InChI is InChI=1S/C19H39N5O.HI/c1-17(15-24-11-9-23(3)10-12-24)14-21-18(20-2)22-16-19(6-5-7-19)8-13-25-4;/h17H,5-16H2,1-4H3,(H2,20,21,22);1H. The highest BCUT2D eigenvalue weighted by atomic mass is 127. The quantitative estimate of drug-likeness (QED) is 0.299. The molecule has 2 N–H and O–H groups in total. The number of nitrogens with one attached hydrogen (secondary N) is 2. The van der Waals surface area contributed by atoms with Crippen LogP contribution in [0.15, 0.2) is 4.99 Å². The van der Waals surface area contributed by atoms with Crippen LogP contribution in [-0.4, -0.2) is 89.4 Å². The molecule has 0 bridgehead atoms. The fraction of sp³-hybridized carbons (Fsp3) is 0.947. The van der Waals surface area contributed by atoms with Gasteiger partial charge in [-0.2, -0.15) is 0 Å². The first-order valence-electron chi connectivity index (χ1n) is 9.91. The summed E-state index contributed by atoms with van der Waals surface area (Å²) < 4.78 is 5.28. The molecule has 154 valence electrons. The summed E-state index contributed by atoms with van der Waals surface area (Å²) >= 11 is 0. The first kappa shape index (κ1) is 23.9. The van der Waals surface area contributed by atoms with Crippen LogP contribution < -0.4 is 10.6 Å². The lowest BCUT2D eigenvalue weighted by molar-refractivity contribution is 0.0732. The Bertz CT molecular complexity index is 409. The maximum Gasteiger partial charge on any atom is 0.191 e. The van der Waals surface area contributed by atoms with Gasteiger partial charge in [-0.05, 0) is 37.6 Å². The highest BCUT2D eigenvalue weighted by Crippen LogP contribution is 2.43. The summed E-state index contributed by atoms with van der Waals surface area (Å²) in [5.74, 6) is 1.56. The van der Waals surface area contributed by atoms with E-state index in [1.54, 1.807) is 7.11 Å². The van der Waals surface area contributed by atoms with Crippen molar-refractivity contribution in [2.24, 2.45) is 16.3 Å². The zero-order valence-corrected chi connectivity index (χ0v) is 19.6. The van der Waals surface area contributed by atoms with Crippen molar-refractivity contribution in [1.82, 2.24) is 20.4 Å². The normalized spacial score (nSPS) is 22.2. The Morgan fingerprint density at radius 2 is 1.88 bits per heavy atom. The highest BCUT2D eigenvalue weighted by molar-refractivity contribution is 14.0. The summed E-state index contributed by atoms with van der Waals surface area (Å²) in [6.45, 7) is 11.1. The average Bonchev–Trinajstić information content (AvgIpc) is 2.58. The molecule has 26 heavy (non-hydrogen) atoms. The molecule has 1 saturated carbocycles. The van der Waals surface area contributed by atoms with Gasteiger partial charge >= 0.3 is 0 Å². The predicted octanol–water partition coefficient (Wildman–Crippen LogP) is 1.86. The van der Waals surface area contributed by atoms with Crippen LogP contribution in [0.2, 0.25) is 0 Å². The molecule has 1 aliphatic carbocycles. The smallest absolute Gasteiger partial charge is 0.191 e. The lowest BCUT2D eigenvalue weighted by Gasteiger charge is -2.42. The molecule has 1 unspecified atom stereocenters. The van der Waals surface area contributed by atoms with E-state index in [2.05, 4.69) is 39.4 Å². The van der Waals surface area contributed by atoms with Crippen molar-refractivity contribution in [1.29, 1.82) is 0 Å². The van der Waals surface area contributed by atoms with Gasteiger partial charge in [-0.1, -0.05) is 13.3 Å². The van der Waals surface area contributed by atoms with E-state index in [9.17, 15) is 0 Å². The van der Waals surface area contributed by atoms with E-state index in [0.29, 0.717) is 11.3 Å². The van der Waals surface area contributed by atoms with Crippen molar-refractivity contribution in [3.05, 3.63) is 0 Å². The predicted molar refractivity (Wildman–Crippen MR) is 121 cm³/mol. The van der Waals surface area contributed by atoms with Crippen LogP contribution >= 0.6 is 24.0 Å². The summed E-state index contributed by atoms with van der Waals surface area (Å²) in [4.78, 5) is 9.39. The molecule has 0 aromatic carbocycles. The van der Waals surface area contributed by atoms with E-state index >= 15 is 0 Å². The van der Waals surface area contributed by atoms with Gasteiger partial charge in [-0.15, -0.1) is 24.0 Å².